The molecule has 0 aliphatic heterocycles. The maximum Gasteiger partial charge on any atom is 0.0781 e. The molecule has 3 heteroatoms. The summed E-state index contributed by atoms with van der Waals surface area (Å²) in [5.41, 5.74) is 5.55. The van der Waals surface area contributed by atoms with Gasteiger partial charge in [0.1, 0.15) is 0 Å². The lowest BCUT2D eigenvalue weighted by atomic mass is 10.3. The predicted octanol–water partition coefficient (Wildman–Crippen LogP) is 1.56. The Balaban J connectivity index is 3.15. The molecule has 0 aromatic rings. The van der Waals surface area contributed by atoms with Crippen LogP contribution in [-0.4, -0.2) is 32.0 Å². The van der Waals surface area contributed by atoms with Crippen molar-refractivity contribution in [1.82, 2.24) is 0 Å². The van der Waals surface area contributed by atoms with Crippen molar-refractivity contribution in [2.45, 2.75) is 45.8 Å². The first-order chi connectivity index (χ1) is 6.16. The van der Waals surface area contributed by atoms with Gasteiger partial charge in [0.25, 0.3) is 0 Å². The van der Waals surface area contributed by atoms with Gasteiger partial charge in [-0.1, -0.05) is 13.3 Å². The zero-order valence-corrected chi connectivity index (χ0v) is 9.08. The molecule has 0 saturated heterocycles. The molecule has 3 nitrogen and oxygen atoms in total. The number of rotatable bonds is 8. The van der Waals surface area contributed by atoms with Crippen LogP contribution in [0.15, 0.2) is 0 Å². The molecule has 0 aliphatic rings. The Morgan fingerprint density at radius 3 is 2.46 bits per heavy atom. The molecule has 0 amide bonds. The highest BCUT2D eigenvalue weighted by atomic mass is 16.5. The average Bonchev–Trinajstić information content (AvgIpc) is 2.09. The van der Waals surface area contributed by atoms with Crippen molar-refractivity contribution in [1.29, 1.82) is 0 Å². The van der Waals surface area contributed by atoms with Crippen LogP contribution in [0.4, 0.5) is 0 Å². The SMILES string of the molecule is CCCCOCC(C)OCC(C)N. The van der Waals surface area contributed by atoms with Gasteiger partial charge in [0.15, 0.2) is 0 Å². The molecule has 0 heterocycles. The third-order valence-electron chi connectivity index (χ3n) is 1.64. The summed E-state index contributed by atoms with van der Waals surface area (Å²) < 4.78 is 10.8. The molecule has 2 unspecified atom stereocenters. The Labute approximate surface area is 81.6 Å². The smallest absolute Gasteiger partial charge is 0.0781 e. The Bertz CT molecular complexity index is 107. The van der Waals surface area contributed by atoms with Crippen LogP contribution in [0.25, 0.3) is 0 Å². The third kappa shape index (κ3) is 9.80. The largest absolute Gasteiger partial charge is 0.379 e. The van der Waals surface area contributed by atoms with E-state index in [2.05, 4.69) is 6.92 Å². The number of hydrogen-bond donors (Lipinski definition) is 1. The van der Waals surface area contributed by atoms with Crippen LogP contribution in [0.1, 0.15) is 33.6 Å². The van der Waals surface area contributed by atoms with Gasteiger partial charge in [0, 0.05) is 12.6 Å². The topological polar surface area (TPSA) is 44.5 Å². The lowest BCUT2D eigenvalue weighted by Gasteiger charge is -2.14. The van der Waals surface area contributed by atoms with E-state index >= 15 is 0 Å². The predicted molar refractivity (Wildman–Crippen MR) is 54.8 cm³/mol. The maximum atomic E-state index is 5.55. The van der Waals surface area contributed by atoms with Crippen LogP contribution in [0.5, 0.6) is 0 Å². The molecule has 0 fully saturated rings. The lowest BCUT2D eigenvalue weighted by molar-refractivity contribution is -0.0105. The van der Waals surface area contributed by atoms with Crippen LogP contribution >= 0.6 is 0 Å². The first-order valence-corrected chi connectivity index (χ1v) is 5.11. The number of unbranched alkanes of at least 4 members (excludes halogenated alkanes) is 1. The van der Waals surface area contributed by atoms with Crippen LogP contribution in [0.3, 0.4) is 0 Å². The molecule has 0 saturated carbocycles. The van der Waals surface area contributed by atoms with E-state index in [1.165, 1.54) is 6.42 Å². The molecule has 0 rings (SSSR count). The molecule has 80 valence electrons. The minimum absolute atomic E-state index is 0.109. The Morgan fingerprint density at radius 2 is 1.92 bits per heavy atom. The molecular formula is C10H23NO2. The summed E-state index contributed by atoms with van der Waals surface area (Å²) in [6, 6.07) is 0.109. The number of nitrogens with two attached hydrogens (primary N) is 1. The summed E-state index contributed by atoms with van der Waals surface area (Å²) >= 11 is 0. The highest BCUT2D eigenvalue weighted by Crippen LogP contribution is 1.95. The summed E-state index contributed by atoms with van der Waals surface area (Å²) in [5, 5.41) is 0. The molecule has 0 bridgehead atoms. The van der Waals surface area contributed by atoms with Gasteiger partial charge >= 0.3 is 0 Å². The molecule has 0 aromatic carbocycles. The zero-order chi connectivity index (χ0) is 10.1. The van der Waals surface area contributed by atoms with Gasteiger partial charge < -0.3 is 15.2 Å². The minimum atomic E-state index is 0.109. The highest BCUT2D eigenvalue weighted by molar-refractivity contribution is 4.53. The van der Waals surface area contributed by atoms with Gasteiger partial charge in [-0.3, -0.25) is 0 Å². The maximum absolute atomic E-state index is 5.55. The van der Waals surface area contributed by atoms with Crippen LogP contribution in [0, 0.1) is 0 Å². The first-order valence-electron chi connectivity index (χ1n) is 5.11. The standard InChI is InChI=1S/C10H23NO2/c1-4-5-6-12-8-10(3)13-7-9(2)11/h9-10H,4-8,11H2,1-3H3. The van der Waals surface area contributed by atoms with Crippen molar-refractivity contribution < 1.29 is 9.47 Å². The normalized spacial score (nSPS) is 15.7. The van der Waals surface area contributed by atoms with E-state index < -0.39 is 0 Å². The van der Waals surface area contributed by atoms with E-state index in [0.717, 1.165) is 13.0 Å². The van der Waals surface area contributed by atoms with E-state index in [4.69, 9.17) is 15.2 Å². The summed E-state index contributed by atoms with van der Waals surface area (Å²) in [4.78, 5) is 0. The molecule has 0 spiro atoms. The lowest BCUT2D eigenvalue weighted by Crippen LogP contribution is -2.27. The quantitative estimate of drug-likeness (QED) is 0.589. The summed E-state index contributed by atoms with van der Waals surface area (Å²) in [6.45, 7) is 8.21. The van der Waals surface area contributed by atoms with Crippen LogP contribution in [-0.2, 0) is 9.47 Å². The summed E-state index contributed by atoms with van der Waals surface area (Å²) in [5.74, 6) is 0. The van der Waals surface area contributed by atoms with Gasteiger partial charge in [-0.2, -0.15) is 0 Å². The van der Waals surface area contributed by atoms with Gasteiger partial charge in [-0.05, 0) is 20.3 Å². The van der Waals surface area contributed by atoms with Crippen molar-refractivity contribution in [2.75, 3.05) is 19.8 Å². The van der Waals surface area contributed by atoms with Gasteiger partial charge in [0.05, 0.1) is 19.3 Å². The fourth-order valence-electron chi connectivity index (χ4n) is 0.860. The van der Waals surface area contributed by atoms with Crippen molar-refractivity contribution in [3.05, 3.63) is 0 Å². The summed E-state index contributed by atoms with van der Waals surface area (Å²) in [7, 11) is 0. The molecule has 2 N–H and O–H groups in total. The van der Waals surface area contributed by atoms with Crippen LogP contribution in [0.2, 0.25) is 0 Å². The van der Waals surface area contributed by atoms with E-state index in [0.29, 0.717) is 13.2 Å². The molecule has 13 heavy (non-hydrogen) atoms. The molecule has 0 aromatic heterocycles. The van der Waals surface area contributed by atoms with Gasteiger partial charge in [-0.25, -0.2) is 0 Å². The Hall–Kier alpha value is -0.120. The van der Waals surface area contributed by atoms with E-state index in [1.807, 2.05) is 13.8 Å². The Kier molecular flexibility index (Phi) is 8.40. The highest BCUT2D eigenvalue weighted by Gasteiger charge is 2.03. The number of ether oxygens (including phenoxy) is 2. The fraction of sp³-hybridized carbons (Fsp3) is 1.00. The van der Waals surface area contributed by atoms with Crippen molar-refractivity contribution in [3.8, 4) is 0 Å². The second kappa shape index (κ2) is 8.48. The van der Waals surface area contributed by atoms with E-state index in [-0.39, 0.29) is 12.1 Å². The van der Waals surface area contributed by atoms with E-state index in [9.17, 15) is 0 Å². The van der Waals surface area contributed by atoms with Crippen molar-refractivity contribution >= 4 is 0 Å². The summed E-state index contributed by atoms with van der Waals surface area (Å²) in [6.07, 6.45) is 2.46. The molecule has 0 radical (unpaired) electrons. The fourth-order valence-corrected chi connectivity index (χ4v) is 0.860. The third-order valence-corrected chi connectivity index (χ3v) is 1.64. The van der Waals surface area contributed by atoms with Crippen molar-refractivity contribution in [3.63, 3.8) is 0 Å². The minimum Gasteiger partial charge on any atom is -0.379 e. The average molecular weight is 189 g/mol. The Morgan fingerprint density at radius 1 is 1.23 bits per heavy atom. The van der Waals surface area contributed by atoms with Crippen LogP contribution < -0.4 is 5.73 Å². The van der Waals surface area contributed by atoms with Gasteiger partial charge in [0.2, 0.25) is 0 Å². The monoisotopic (exact) mass is 189 g/mol. The molecular weight excluding hydrogens is 166 g/mol. The second-order valence-electron chi connectivity index (χ2n) is 3.55. The molecule has 0 aliphatic carbocycles. The first kappa shape index (κ1) is 12.9. The van der Waals surface area contributed by atoms with E-state index in [1.54, 1.807) is 0 Å². The van der Waals surface area contributed by atoms with Gasteiger partial charge in [-0.15, -0.1) is 0 Å². The van der Waals surface area contributed by atoms with Crippen molar-refractivity contribution in [2.24, 2.45) is 5.73 Å². The second-order valence-corrected chi connectivity index (χ2v) is 3.55. The zero-order valence-electron chi connectivity index (χ0n) is 9.08. The number of hydrogen-bond acceptors (Lipinski definition) is 3. The molecule has 2 atom stereocenters.